The van der Waals surface area contributed by atoms with Crippen molar-refractivity contribution in [2.24, 2.45) is 0 Å². The van der Waals surface area contributed by atoms with Gasteiger partial charge in [0.05, 0.1) is 4.88 Å². The number of carbonyl (C=O) groups is 1. The zero-order valence-electron chi connectivity index (χ0n) is 9.02. The van der Waals surface area contributed by atoms with Crippen LogP contribution in [0.25, 0.3) is 0 Å². The van der Waals surface area contributed by atoms with Crippen molar-refractivity contribution >= 4 is 34.7 Å². The first-order valence-corrected chi connectivity index (χ1v) is 6.12. The normalized spacial score (nSPS) is 10.1. The summed E-state index contributed by atoms with van der Waals surface area (Å²) in [6, 6.07) is 5.54. The minimum atomic E-state index is -0.662. The van der Waals surface area contributed by atoms with E-state index in [1.165, 1.54) is 35.7 Å². The zero-order chi connectivity index (χ0) is 13.0. The van der Waals surface area contributed by atoms with Gasteiger partial charge in [-0.25, -0.2) is 14.2 Å². The minimum Gasteiger partial charge on any atom is -0.444 e. The van der Waals surface area contributed by atoms with Crippen LogP contribution in [0.3, 0.4) is 0 Å². The smallest absolute Gasteiger partial charge is 0.411 e. The van der Waals surface area contributed by atoms with Crippen molar-refractivity contribution in [1.82, 2.24) is 4.98 Å². The van der Waals surface area contributed by atoms with E-state index in [0.29, 0.717) is 10.2 Å². The van der Waals surface area contributed by atoms with Crippen LogP contribution in [0.15, 0.2) is 30.5 Å². The third-order valence-corrected chi connectivity index (χ3v) is 3.03. The summed E-state index contributed by atoms with van der Waals surface area (Å²) >= 11 is 6.86. The van der Waals surface area contributed by atoms with E-state index in [1.54, 1.807) is 6.07 Å². The Kier molecular flexibility index (Phi) is 4.11. The summed E-state index contributed by atoms with van der Waals surface area (Å²) in [5, 5.41) is 2.41. The Balaban J connectivity index is 1.85. The minimum absolute atomic E-state index is 0.0749. The summed E-state index contributed by atoms with van der Waals surface area (Å²) in [5.41, 5.74) is 0.335. The van der Waals surface area contributed by atoms with Crippen molar-refractivity contribution < 1.29 is 13.9 Å². The first-order chi connectivity index (χ1) is 8.63. The van der Waals surface area contributed by atoms with Gasteiger partial charge in [0.25, 0.3) is 0 Å². The largest absolute Gasteiger partial charge is 0.444 e. The summed E-state index contributed by atoms with van der Waals surface area (Å²) in [6.45, 7) is 0.0749. The van der Waals surface area contributed by atoms with Gasteiger partial charge in [0.15, 0.2) is 4.47 Å². The maximum absolute atomic E-state index is 12.9. The molecule has 7 heteroatoms. The lowest BCUT2D eigenvalue weighted by Crippen LogP contribution is -2.13. The topological polar surface area (TPSA) is 51.2 Å². The van der Waals surface area contributed by atoms with Gasteiger partial charge in [0.1, 0.15) is 12.4 Å². The Morgan fingerprint density at radius 1 is 1.56 bits per heavy atom. The molecule has 0 aliphatic carbocycles. The molecule has 0 unspecified atom stereocenters. The van der Waals surface area contributed by atoms with E-state index in [4.69, 9.17) is 16.3 Å². The molecular formula is C11H8ClFN2O2S. The molecule has 1 N–H and O–H groups in total. The molecule has 2 rings (SSSR count). The summed E-state index contributed by atoms with van der Waals surface area (Å²) in [6.07, 6.45) is 0.868. The lowest BCUT2D eigenvalue weighted by molar-refractivity contribution is 0.156. The second kappa shape index (κ2) is 5.79. The van der Waals surface area contributed by atoms with Crippen LogP contribution in [0.2, 0.25) is 4.47 Å². The number of amides is 1. The molecule has 2 aromatic rings. The van der Waals surface area contributed by atoms with Gasteiger partial charge < -0.3 is 4.74 Å². The summed E-state index contributed by atoms with van der Waals surface area (Å²) in [5.74, 6) is -0.429. The Morgan fingerprint density at radius 2 is 2.39 bits per heavy atom. The van der Waals surface area contributed by atoms with Gasteiger partial charge in [-0.2, -0.15) is 0 Å². The van der Waals surface area contributed by atoms with Crippen molar-refractivity contribution in [2.45, 2.75) is 6.61 Å². The molecule has 1 heterocycles. The first kappa shape index (κ1) is 12.8. The van der Waals surface area contributed by atoms with Crippen LogP contribution < -0.4 is 5.32 Å². The molecule has 0 saturated carbocycles. The number of thiazole rings is 1. The average Bonchev–Trinajstić information content (AvgIpc) is 2.73. The highest BCUT2D eigenvalue weighted by atomic mass is 35.5. The fourth-order valence-electron chi connectivity index (χ4n) is 1.21. The van der Waals surface area contributed by atoms with Crippen molar-refractivity contribution in [3.63, 3.8) is 0 Å². The van der Waals surface area contributed by atoms with Crippen LogP contribution in [-0.2, 0) is 11.3 Å². The highest BCUT2D eigenvalue weighted by Crippen LogP contribution is 2.18. The summed E-state index contributed by atoms with van der Waals surface area (Å²) < 4.78 is 18.2. The third-order valence-electron chi connectivity index (χ3n) is 1.94. The zero-order valence-corrected chi connectivity index (χ0v) is 10.6. The number of aromatic nitrogens is 1. The molecule has 0 aliphatic heterocycles. The van der Waals surface area contributed by atoms with Crippen molar-refractivity contribution in [3.8, 4) is 0 Å². The predicted octanol–water partition coefficient (Wildman–Crippen LogP) is 3.68. The van der Waals surface area contributed by atoms with Crippen LogP contribution in [0.1, 0.15) is 4.88 Å². The van der Waals surface area contributed by atoms with E-state index in [9.17, 15) is 9.18 Å². The molecule has 1 aromatic heterocycles. The maximum atomic E-state index is 12.9. The maximum Gasteiger partial charge on any atom is 0.411 e. The molecule has 0 radical (unpaired) electrons. The van der Waals surface area contributed by atoms with Gasteiger partial charge >= 0.3 is 6.09 Å². The van der Waals surface area contributed by atoms with E-state index >= 15 is 0 Å². The van der Waals surface area contributed by atoms with Gasteiger partial charge in [-0.3, -0.25) is 5.32 Å². The van der Waals surface area contributed by atoms with Gasteiger partial charge in [-0.1, -0.05) is 17.7 Å². The van der Waals surface area contributed by atoms with Gasteiger partial charge in [0.2, 0.25) is 0 Å². The molecule has 1 aromatic carbocycles. The highest BCUT2D eigenvalue weighted by molar-refractivity contribution is 7.15. The van der Waals surface area contributed by atoms with E-state index in [1.807, 2.05) is 0 Å². The molecule has 0 saturated heterocycles. The van der Waals surface area contributed by atoms with Crippen molar-refractivity contribution in [1.29, 1.82) is 0 Å². The van der Waals surface area contributed by atoms with Crippen LogP contribution in [0, 0.1) is 5.82 Å². The molecule has 4 nitrogen and oxygen atoms in total. The molecule has 0 fully saturated rings. The monoisotopic (exact) mass is 286 g/mol. The Morgan fingerprint density at radius 3 is 3.06 bits per heavy atom. The number of rotatable bonds is 3. The quantitative estimate of drug-likeness (QED) is 0.936. The summed E-state index contributed by atoms with van der Waals surface area (Å²) in [4.78, 5) is 15.9. The number of hydrogen-bond acceptors (Lipinski definition) is 4. The predicted molar refractivity (Wildman–Crippen MR) is 67.3 cm³/mol. The van der Waals surface area contributed by atoms with Gasteiger partial charge in [-0.05, 0) is 18.2 Å². The Hall–Kier alpha value is -1.66. The molecular weight excluding hydrogens is 279 g/mol. The second-order valence-electron chi connectivity index (χ2n) is 3.29. The van der Waals surface area contributed by atoms with Gasteiger partial charge in [-0.15, -0.1) is 11.3 Å². The van der Waals surface area contributed by atoms with Gasteiger partial charge in [0, 0.05) is 11.9 Å². The van der Waals surface area contributed by atoms with Crippen molar-refractivity contribution in [3.05, 3.63) is 45.6 Å². The number of anilines is 1. The number of ether oxygens (including phenoxy) is 1. The van der Waals surface area contributed by atoms with E-state index < -0.39 is 11.9 Å². The van der Waals surface area contributed by atoms with E-state index in [-0.39, 0.29) is 6.61 Å². The standard InChI is InChI=1S/C11H8ClFN2O2S/c12-10-14-5-9(18-10)6-17-11(16)15-8-3-1-2-7(13)4-8/h1-5H,6H2,(H,15,16). The number of hydrogen-bond donors (Lipinski definition) is 1. The number of benzene rings is 1. The fourth-order valence-corrected chi connectivity index (χ4v) is 2.10. The fraction of sp³-hybridized carbons (Fsp3) is 0.0909. The third kappa shape index (κ3) is 3.68. The Bertz CT molecular complexity index is 561. The Labute approximate surface area is 111 Å². The molecule has 0 bridgehead atoms. The SMILES string of the molecule is O=C(Nc1cccc(F)c1)OCc1cnc(Cl)s1. The molecule has 1 amide bonds. The van der Waals surface area contributed by atoms with E-state index in [0.717, 1.165) is 4.88 Å². The van der Waals surface area contributed by atoms with Crippen molar-refractivity contribution in [2.75, 3.05) is 5.32 Å². The lowest BCUT2D eigenvalue weighted by atomic mass is 10.3. The first-order valence-electron chi connectivity index (χ1n) is 4.93. The average molecular weight is 287 g/mol. The second-order valence-corrected chi connectivity index (χ2v) is 4.99. The van der Waals surface area contributed by atoms with E-state index in [2.05, 4.69) is 10.3 Å². The molecule has 0 aliphatic rings. The molecule has 18 heavy (non-hydrogen) atoms. The number of nitrogens with one attached hydrogen (secondary N) is 1. The highest BCUT2D eigenvalue weighted by Gasteiger charge is 2.06. The van der Waals surface area contributed by atoms with Crippen LogP contribution >= 0.6 is 22.9 Å². The number of carbonyl (C=O) groups excluding carboxylic acids is 1. The molecule has 0 atom stereocenters. The molecule has 0 spiro atoms. The molecule has 94 valence electrons. The van der Waals surface area contributed by atoms with Crippen LogP contribution in [-0.4, -0.2) is 11.1 Å². The number of nitrogens with zero attached hydrogens (tertiary/aromatic N) is 1. The number of halogens is 2. The van der Waals surface area contributed by atoms with Crippen LogP contribution in [0.4, 0.5) is 14.9 Å². The lowest BCUT2D eigenvalue weighted by Gasteiger charge is -2.05. The summed E-state index contributed by atoms with van der Waals surface area (Å²) in [7, 11) is 0. The van der Waals surface area contributed by atoms with Crippen LogP contribution in [0.5, 0.6) is 0 Å².